The first-order valence-corrected chi connectivity index (χ1v) is 15.3. The van der Waals surface area contributed by atoms with Crippen LogP contribution in [0, 0.1) is 11.3 Å². The Morgan fingerprint density at radius 1 is 1.19 bits per heavy atom. The Morgan fingerprint density at radius 3 is 2.64 bits per heavy atom. The van der Waals surface area contributed by atoms with Crippen LogP contribution in [0.25, 0.3) is 11.1 Å². The van der Waals surface area contributed by atoms with E-state index in [-0.39, 0.29) is 17.6 Å². The van der Waals surface area contributed by atoms with E-state index < -0.39 is 6.43 Å². The molecular weight excluding hydrogens is 538 g/mol. The van der Waals surface area contributed by atoms with Crippen LogP contribution >= 0.6 is 0 Å². The van der Waals surface area contributed by atoms with Gasteiger partial charge in [-0.3, -0.25) is 9.48 Å². The number of hydrogen-bond acceptors (Lipinski definition) is 5. The molecule has 0 unspecified atom stereocenters. The van der Waals surface area contributed by atoms with E-state index in [4.69, 9.17) is 5.10 Å². The fourth-order valence-electron chi connectivity index (χ4n) is 7.85. The molecule has 2 fully saturated rings. The number of fused-ring (bicyclic) bond motifs is 1. The SMILES string of the molecule is CC(=O)N1CCC2=C(C1)C(N1CCCc3cc(-c4cnn(C)c4)c(C(F)F)cc31)=N/[N+]2=C\C1CCC2(CC1)CC(O)C2. The normalized spacial score (nSPS) is 28.3. The second kappa shape index (κ2) is 10.4. The molecule has 7 rings (SSSR count). The number of aryl methyl sites for hydroxylation is 2. The first-order chi connectivity index (χ1) is 20.2. The highest BCUT2D eigenvalue weighted by Crippen LogP contribution is 2.52. The number of aromatic nitrogens is 2. The molecule has 1 amide bonds. The second-order valence-electron chi connectivity index (χ2n) is 13.0. The van der Waals surface area contributed by atoms with Gasteiger partial charge in [-0.05, 0) is 80.0 Å². The van der Waals surface area contributed by atoms with Crippen LogP contribution in [0.4, 0.5) is 14.5 Å². The van der Waals surface area contributed by atoms with Crippen molar-refractivity contribution in [2.24, 2.45) is 23.5 Å². The first-order valence-electron chi connectivity index (χ1n) is 15.3. The van der Waals surface area contributed by atoms with Gasteiger partial charge in [-0.25, -0.2) is 8.78 Å². The molecule has 1 aromatic heterocycles. The van der Waals surface area contributed by atoms with Gasteiger partial charge in [0.2, 0.25) is 17.4 Å². The van der Waals surface area contributed by atoms with E-state index in [1.807, 2.05) is 15.7 Å². The van der Waals surface area contributed by atoms with Crippen molar-refractivity contribution in [2.45, 2.75) is 77.2 Å². The van der Waals surface area contributed by atoms with Gasteiger partial charge in [0, 0.05) is 61.1 Å². The van der Waals surface area contributed by atoms with E-state index in [0.717, 1.165) is 79.7 Å². The smallest absolute Gasteiger partial charge is 0.264 e. The third-order valence-electron chi connectivity index (χ3n) is 10.2. The third kappa shape index (κ3) is 4.77. The van der Waals surface area contributed by atoms with Crippen LogP contribution in [-0.2, 0) is 18.3 Å². The molecule has 1 spiro atoms. The molecule has 0 saturated heterocycles. The van der Waals surface area contributed by atoms with E-state index in [9.17, 15) is 18.7 Å². The maximum Gasteiger partial charge on any atom is 0.264 e. The van der Waals surface area contributed by atoms with Crippen LogP contribution in [-0.4, -0.2) is 68.2 Å². The van der Waals surface area contributed by atoms with E-state index in [2.05, 4.69) is 16.2 Å². The molecule has 1 N–H and O–H groups in total. The highest BCUT2D eigenvalue weighted by atomic mass is 19.3. The van der Waals surface area contributed by atoms with Crippen LogP contribution in [0.3, 0.4) is 0 Å². The minimum atomic E-state index is -2.63. The molecule has 0 radical (unpaired) electrons. The zero-order chi connectivity index (χ0) is 29.2. The summed E-state index contributed by atoms with van der Waals surface area (Å²) in [5.74, 6) is 1.21. The van der Waals surface area contributed by atoms with Crippen LogP contribution in [0.2, 0.25) is 0 Å². The zero-order valence-corrected chi connectivity index (χ0v) is 24.4. The van der Waals surface area contributed by atoms with Crippen molar-refractivity contribution in [3.8, 4) is 11.1 Å². The molecule has 1 aromatic carbocycles. The number of rotatable bonds is 3. The Morgan fingerprint density at radius 2 is 1.98 bits per heavy atom. The van der Waals surface area contributed by atoms with Crippen molar-refractivity contribution in [2.75, 3.05) is 24.5 Å². The summed E-state index contributed by atoms with van der Waals surface area (Å²) in [4.78, 5) is 16.4. The number of anilines is 1. The summed E-state index contributed by atoms with van der Waals surface area (Å²) < 4.78 is 32.6. The van der Waals surface area contributed by atoms with Crippen molar-refractivity contribution in [3.63, 3.8) is 0 Å². The van der Waals surface area contributed by atoms with Crippen molar-refractivity contribution >= 4 is 23.6 Å². The molecule has 2 aliphatic carbocycles. The van der Waals surface area contributed by atoms with Gasteiger partial charge in [0.25, 0.3) is 6.43 Å². The number of alkyl halides is 2. The lowest BCUT2D eigenvalue weighted by Gasteiger charge is -2.49. The maximum atomic E-state index is 14.5. The number of hydrazone groups is 1. The Labute approximate surface area is 245 Å². The number of carbonyl (C=O) groups excluding carboxylic acids is 1. The lowest BCUT2D eigenvalue weighted by atomic mass is 9.58. The van der Waals surface area contributed by atoms with Gasteiger partial charge < -0.3 is 14.9 Å². The van der Waals surface area contributed by atoms with Crippen LogP contribution in [0.1, 0.15) is 75.8 Å². The third-order valence-corrected chi connectivity index (χ3v) is 10.2. The lowest BCUT2D eigenvalue weighted by molar-refractivity contribution is -0.479. The summed E-state index contributed by atoms with van der Waals surface area (Å²) in [7, 11) is 1.79. The Kier molecular flexibility index (Phi) is 6.79. The molecule has 42 heavy (non-hydrogen) atoms. The monoisotopic (exact) mass is 577 g/mol. The van der Waals surface area contributed by atoms with Crippen LogP contribution < -0.4 is 4.90 Å². The summed E-state index contributed by atoms with van der Waals surface area (Å²) in [5, 5.41) is 19.2. The summed E-state index contributed by atoms with van der Waals surface area (Å²) in [6, 6.07) is 3.56. The summed E-state index contributed by atoms with van der Waals surface area (Å²) in [5.41, 5.74) is 5.48. The van der Waals surface area contributed by atoms with Gasteiger partial charge in [-0.15, -0.1) is 0 Å². The molecule has 4 heterocycles. The van der Waals surface area contributed by atoms with Crippen molar-refractivity contribution in [1.29, 1.82) is 0 Å². The molecular formula is C32H39F2N6O2+. The largest absolute Gasteiger partial charge is 0.393 e. The van der Waals surface area contributed by atoms with E-state index in [0.29, 0.717) is 48.5 Å². The maximum absolute atomic E-state index is 14.5. The van der Waals surface area contributed by atoms with Crippen molar-refractivity contribution < 1.29 is 23.4 Å². The number of amidine groups is 1. The van der Waals surface area contributed by atoms with Crippen LogP contribution in [0.5, 0.6) is 0 Å². The minimum absolute atomic E-state index is 0.00359. The number of benzene rings is 1. The van der Waals surface area contributed by atoms with Gasteiger partial charge in [0.1, 0.15) is 0 Å². The number of hydrogen-bond donors (Lipinski definition) is 1. The Hall–Kier alpha value is -3.40. The number of amides is 1. The van der Waals surface area contributed by atoms with Gasteiger partial charge >= 0.3 is 0 Å². The Balaban J connectivity index is 1.25. The average Bonchev–Trinajstić information content (AvgIpc) is 3.55. The fourth-order valence-corrected chi connectivity index (χ4v) is 7.85. The fraction of sp³-hybridized carbons (Fsp3) is 0.562. The zero-order valence-electron chi connectivity index (χ0n) is 24.4. The number of aliphatic hydroxyl groups is 1. The first kappa shape index (κ1) is 27.4. The molecule has 3 aliphatic heterocycles. The summed E-state index contributed by atoms with van der Waals surface area (Å²) in [6.07, 6.45) is 11.6. The molecule has 10 heteroatoms. The van der Waals surface area contributed by atoms with E-state index in [1.165, 1.54) is 0 Å². The number of nitrogens with zero attached hydrogens (tertiary/aromatic N) is 6. The van der Waals surface area contributed by atoms with Gasteiger partial charge in [0.15, 0.2) is 6.21 Å². The molecule has 0 atom stereocenters. The molecule has 2 saturated carbocycles. The van der Waals surface area contributed by atoms with Gasteiger partial charge in [-0.2, -0.15) is 5.10 Å². The number of carbonyl (C=O) groups is 1. The van der Waals surface area contributed by atoms with E-state index >= 15 is 0 Å². The Bertz CT molecular complexity index is 1510. The number of halogens is 2. The summed E-state index contributed by atoms with van der Waals surface area (Å²) in [6.45, 7) is 3.40. The van der Waals surface area contributed by atoms with Crippen molar-refractivity contribution in [1.82, 2.24) is 14.7 Å². The quantitative estimate of drug-likeness (QED) is 0.520. The second-order valence-corrected chi connectivity index (χ2v) is 13.0. The average molecular weight is 578 g/mol. The van der Waals surface area contributed by atoms with Gasteiger partial charge in [0.05, 0.1) is 30.8 Å². The highest BCUT2D eigenvalue weighted by molar-refractivity contribution is 6.12. The minimum Gasteiger partial charge on any atom is -0.393 e. The topological polar surface area (TPSA) is 77.0 Å². The molecule has 2 aromatic rings. The van der Waals surface area contributed by atoms with E-state index in [1.54, 1.807) is 37.1 Å². The standard InChI is InChI=1S/C32H39F2N6O2/c1-20(41)38-11-7-28-27(19-38)31(36-40(28)17-21-5-8-32(9-6-21)14-24(42)15-32)39-10-3-4-22-12-25(23-16-35-37(2)18-23)26(30(33)34)13-29(22)39/h12-13,16-18,21,24,30,42H,3-11,14-15,19H2,1-2H3/q+1/b40-17-. The van der Waals surface area contributed by atoms with Crippen LogP contribution in [0.15, 0.2) is 40.9 Å². The number of aliphatic hydroxyl groups excluding tert-OH is 1. The molecule has 8 nitrogen and oxygen atoms in total. The van der Waals surface area contributed by atoms with Gasteiger partial charge in [-0.1, -0.05) is 4.68 Å². The molecule has 0 bridgehead atoms. The summed E-state index contributed by atoms with van der Waals surface area (Å²) >= 11 is 0. The lowest BCUT2D eigenvalue weighted by Crippen LogP contribution is -2.43. The predicted molar refractivity (Wildman–Crippen MR) is 157 cm³/mol. The molecule has 222 valence electrons. The molecule has 5 aliphatic rings. The predicted octanol–water partition coefficient (Wildman–Crippen LogP) is 5.03. The highest BCUT2D eigenvalue weighted by Gasteiger charge is 2.46. The van der Waals surface area contributed by atoms with Crippen molar-refractivity contribution in [3.05, 3.63) is 46.9 Å².